The number of benzene rings is 2. The Morgan fingerprint density at radius 2 is 1.85 bits per heavy atom. The molecule has 1 N–H and O–H groups in total. The fourth-order valence-electron chi connectivity index (χ4n) is 1.94. The molecule has 0 fully saturated rings. The minimum Gasteiger partial charge on any atom is -0.492 e. The van der Waals surface area contributed by atoms with E-state index >= 15 is 0 Å². The molecule has 2 aromatic carbocycles. The molecule has 0 amide bonds. The van der Waals surface area contributed by atoms with E-state index in [0.717, 1.165) is 5.56 Å². The predicted octanol–water partition coefficient (Wildman–Crippen LogP) is 3.90. The summed E-state index contributed by atoms with van der Waals surface area (Å²) in [6, 6.07) is 14.4. The number of aliphatic carboxylic acids is 1. The number of carboxylic acids is 1. The van der Waals surface area contributed by atoms with Crippen LogP contribution in [0.15, 0.2) is 48.5 Å². The quantitative estimate of drug-likeness (QED) is 0.908. The maximum Gasteiger partial charge on any atom is 0.314 e. The highest BCUT2D eigenvalue weighted by atomic mass is 35.5. The molecule has 1 unspecified atom stereocenters. The van der Waals surface area contributed by atoms with Gasteiger partial charge in [0, 0.05) is 5.02 Å². The van der Waals surface area contributed by atoms with Crippen LogP contribution < -0.4 is 4.74 Å². The number of para-hydroxylation sites is 1. The largest absolute Gasteiger partial charge is 0.492 e. The molecular weight excluding hydrogens is 276 g/mol. The molecule has 0 spiro atoms. The van der Waals surface area contributed by atoms with Gasteiger partial charge in [-0.1, -0.05) is 48.0 Å². The average Bonchev–Trinajstić information content (AvgIpc) is 2.42. The second-order valence-electron chi connectivity index (χ2n) is 4.49. The van der Waals surface area contributed by atoms with Gasteiger partial charge in [-0.15, -0.1) is 0 Å². The SMILES string of the molecule is Cc1ccccc1OCC(C(=O)O)c1ccccc1Cl. The molecular formula is C16H15ClO3. The van der Waals surface area contributed by atoms with Crippen molar-refractivity contribution < 1.29 is 14.6 Å². The Labute approximate surface area is 122 Å². The molecule has 0 aliphatic rings. The van der Waals surface area contributed by atoms with Crippen LogP contribution in [0.1, 0.15) is 17.0 Å². The fraction of sp³-hybridized carbons (Fsp3) is 0.188. The number of carboxylic acid groups (broad SMARTS) is 1. The zero-order chi connectivity index (χ0) is 14.5. The van der Waals surface area contributed by atoms with Gasteiger partial charge in [-0.2, -0.15) is 0 Å². The molecule has 0 aromatic heterocycles. The number of halogens is 1. The molecule has 0 aliphatic carbocycles. The lowest BCUT2D eigenvalue weighted by Crippen LogP contribution is -2.20. The van der Waals surface area contributed by atoms with Gasteiger partial charge in [0.25, 0.3) is 0 Å². The normalized spacial score (nSPS) is 11.9. The first-order chi connectivity index (χ1) is 9.59. The Morgan fingerprint density at radius 1 is 1.20 bits per heavy atom. The molecule has 2 rings (SSSR count). The summed E-state index contributed by atoms with van der Waals surface area (Å²) in [5.41, 5.74) is 1.53. The van der Waals surface area contributed by atoms with Crippen LogP contribution in [0.3, 0.4) is 0 Å². The van der Waals surface area contributed by atoms with Crippen molar-refractivity contribution in [1.29, 1.82) is 0 Å². The number of hydrogen-bond donors (Lipinski definition) is 1. The Hall–Kier alpha value is -2.00. The standard InChI is InChI=1S/C16H15ClO3/c1-11-6-2-5-9-15(11)20-10-13(16(18)19)12-7-3-4-8-14(12)17/h2-9,13H,10H2,1H3,(H,18,19). The van der Waals surface area contributed by atoms with E-state index in [-0.39, 0.29) is 6.61 Å². The summed E-state index contributed by atoms with van der Waals surface area (Å²) in [5.74, 6) is -1.05. The minimum atomic E-state index is -0.952. The van der Waals surface area contributed by atoms with E-state index in [9.17, 15) is 9.90 Å². The Bertz CT molecular complexity index is 610. The van der Waals surface area contributed by atoms with Gasteiger partial charge in [-0.3, -0.25) is 4.79 Å². The molecule has 0 aliphatic heterocycles. The van der Waals surface area contributed by atoms with Gasteiger partial charge in [-0.25, -0.2) is 0 Å². The molecule has 3 nitrogen and oxygen atoms in total. The Balaban J connectivity index is 2.18. The lowest BCUT2D eigenvalue weighted by Gasteiger charge is -2.16. The molecule has 104 valence electrons. The van der Waals surface area contributed by atoms with Gasteiger partial charge in [0.05, 0.1) is 0 Å². The third kappa shape index (κ3) is 3.31. The smallest absolute Gasteiger partial charge is 0.314 e. The molecule has 20 heavy (non-hydrogen) atoms. The summed E-state index contributed by atoms with van der Waals surface area (Å²) in [6.45, 7) is 1.96. The Kier molecular flexibility index (Phi) is 4.64. The topological polar surface area (TPSA) is 46.5 Å². The molecule has 0 saturated heterocycles. The number of ether oxygens (including phenoxy) is 1. The van der Waals surface area contributed by atoms with Crippen LogP contribution in [0.25, 0.3) is 0 Å². The maximum absolute atomic E-state index is 11.4. The zero-order valence-corrected chi connectivity index (χ0v) is 11.8. The second-order valence-corrected chi connectivity index (χ2v) is 4.90. The van der Waals surface area contributed by atoms with Crippen LogP contribution >= 0.6 is 11.6 Å². The highest BCUT2D eigenvalue weighted by Crippen LogP contribution is 2.26. The lowest BCUT2D eigenvalue weighted by atomic mass is 10.0. The van der Waals surface area contributed by atoms with Crippen molar-refractivity contribution in [2.75, 3.05) is 6.61 Å². The van der Waals surface area contributed by atoms with Gasteiger partial charge in [0.1, 0.15) is 18.3 Å². The number of hydrogen-bond acceptors (Lipinski definition) is 2. The van der Waals surface area contributed by atoms with Crippen molar-refractivity contribution in [3.05, 3.63) is 64.7 Å². The molecule has 0 bridgehead atoms. The van der Waals surface area contributed by atoms with E-state index < -0.39 is 11.9 Å². The summed E-state index contributed by atoms with van der Waals surface area (Å²) in [6.07, 6.45) is 0. The summed E-state index contributed by atoms with van der Waals surface area (Å²) in [7, 11) is 0. The highest BCUT2D eigenvalue weighted by Gasteiger charge is 2.23. The summed E-state index contributed by atoms with van der Waals surface area (Å²) in [5, 5.41) is 9.80. The summed E-state index contributed by atoms with van der Waals surface area (Å²) < 4.78 is 5.63. The third-order valence-corrected chi connectivity index (χ3v) is 3.42. The van der Waals surface area contributed by atoms with Crippen LogP contribution in [0.5, 0.6) is 5.75 Å². The molecule has 0 saturated carbocycles. The van der Waals surface area contributed by atoms with Crippen molar-refractivity contribution in [3.63, 3.8) is 0 Å². The minimum absolute atomic E-state index is 0.0456. The van der Waals surface area contributed by atoms with Crippen LogP contribution in [-0.4, -0.2) is 17.7 Å². The molecule has 0 heterocycles. The first-order valence-corrected chi connectivity index (χ1v) is 6.63. The maximum atomic E-state index is 11.4. The van der Waals surface area contributed by atoms with E-state index in [4.69, 9.17) is 16.3 Å². The van der Waals surface area contributed by atoms with Crippen LogP contribution in [0.4, 0.5) is 0 Å². The molecule has 2 aromatic rings. The van der Waals surface area contributed by atoms with Gasteiger partial charge < -0.3 is 9.84 Å². The van der Waals surface area contributed by atoms with E-state index in [2.05, 4.69) is 0 Å². The predicted molar refractivity (Wildman–Crippen MR) is 78.5 cm³/mol. The van der Waals surface area contributed by atoms with Crippen molar-refractivity contribution in [2.45, 2.75) is 12.8 Å². The van der Waals surface area contributed by atoms with E-state index in [1.165, 1.54) is 0 Å². The van der Waals surface area contributed by atoms with Crippen LogP contribution in [-0.2, 0) is 4.79 Å². The van der Waals surface area contributed by atoms with Gasteiger partial charge >= 0.3 is 5.97 Å². The zero-order valence-electron chi connectivity index (χ0n) is 11.0. The fourth-order valence-corrected chi connectivity index (χ4v) is 2.21. The van der Waals surface area contributed by atoms with E-state index in [0.29, 0.717) is 16.3 Å². The first-order valence-electron chi connectivity index (χ1n) is 6.25. The van der Waals surface area contributed by atoms with Crippen LogP contribution in [0, 0.1) is 6.92 Å². The average molecular weight is 291 g/mol. The number of aryl methyl sites for hydroxylation is 1. The van der Waals surface area contributed by atoms with E-state index in [1.807, 2.05) is 31.2 Å². The number of rotatable bonds is 5. The van der Waals surface area contributed by atoms with Gasteiger partial charge in [0.2, 0.25) is 0 Å². The van der Waals surface area contributed by atoms with Crippen molar-refractivity contribution in [2.24, 2.45) is 0 Å². The van der Waals surface area contributed by atoms with Gasteiger partial charge in [0.15, 0.2) is 0 Å². The van der Waals surface area contributed by atoms with E-state index in [1.54, 1.807) is 24.3 Å². The summed E-state index contributed by atoms with van der Waals surface area (Å²) >= 11 is 6.06. The van der Waals surface area contributed by atoms with Crippen molar-refractivity contribution in [1.82, 2.24) is 0 Å². The van der Waals surface area contributed by atoms with Crippen molar-refractivity contribution >= 4 is 17.6 Å². The molecule has 1 atom stereocenters. The Morgan fingerprint density at radius 3 is 2.50 bits per heavy atom. The summed E-state index contributed by atoms with van der Waals surface area (Å²) in [4.78, 5) is 11.4. The lowest BCUT2D eigenvalue weighted by molar-refractivity contribution is -0.139. The third-order valence-electron chi connectivity index (χ3n) is 3.08. The van der Waals surface area contributed by atoms with Crippen molar-refractivity contribution in [3.8, 4) is 5.75 Å². The monoisotopic (exact) mass is 290 g/mol. The molecule has 4 heteroatoms. The second kappa shape index (κ2) is 6.44. The highest BCUT2D eigenvalue weighted by molar-refractivity contribution is 6.31. The number of carbonyl (C=O) groups is 1. The molecule has 0 radical (unpaired) electrons. The van der Waals surface area contributed by atoms with Crippen LogP contribution in [0.2, 0.25) is 5.02 Å². The first kappa shape index (κ1) is 14.4. The van der Waals surface area contributed by atoms with Gasteiger partial charge in [-0.05, 0) is 30.2 Å².